The van der Waals surface area contributed by atoms with Crippen molar-refractivity contribution in [3.8, 4) is 11.5 Å². The number of hydrogen-bond acceptors (Lipinski definition) is 5. The maximum absolute atomic E-state index is 12.0. The molecule has 1 aliphatic rings. The van der Waals surface area contributed by atoms with E-state index in [1.54, 1.807) is 0 Å². The summed E-state index contributed by atoms with van der Waals surface area (Å²) in [5.41, 5.74) is 3.10. The fraction of sp³-hybridized carbons (Fsp3) is 0.286. The van der Waals surface area contributed by atoms with Gasteiger partial charge in [-0.25, -0.2) is 4.79 Å². The number of nitrogens with zero attached hydrogens (tertiary/aromatic N) is 1. The minimum Gasteiger partial charge on any atom is -0.486 e. The Hall–Kier alpha value is -2.50. The lowest BCUT2D eigenvalue weighted by molar-refractivity contribution is 0.171. The summed E-state index contributed by atoms with van der Waals surface area (Å²) < 4.78 is 16.6. The molecular weight excluding hydrogens is 366 g/mol. The van der Waals surface area contributed by atoms with Gasteiger partial charge in [-0.1, -0.05) is 17.7 Å². The number of fused-ring (bicyclic) bond motifs is 2. The van der Waals surface area contributed by atoms with E-state index in [1.165, 1.54) is 6.07 Å². The summed E-state index contributed by atoms with van der Waals surface area (Å²) in [6.07, 6.45) is 0. The van der Waals surface area contributed by atoms with Gasteiger partial charge in [0.25, 0.3) is 0 Å². The molecule has 0 atom stereocenters. The molecule has 27 heavy (non-hydrogen) atoms. The van der Waals surface area contributed by atoms with E-state index in [-0.39, 0.29) is 5.63 Å². The first-order chi connectivity index (χ1) is 13.0. The molecule has 0 amide bonds. The van der Waals surface area contributed by atoms with Crippen LogP contribution in [-0.4, -0.2) is 25.2 Å². The molecule has 0 spiro atoms. The highest BCUT2D eigenvalue weighted by atomic mass is 35.5. The van der Waals surface area contributed by atoms with E-state index in [1.807, 2.05) is 44.3 Å². The van der Waals surface area contributed by atoms with Crippen molar-refractivity contribution in [3.05, 3.63) is 68.5 Å². The molecule has 0 aliphatic carbocycles. The van der Waals surface area contributed by atoms with Crippen LogP contribution >= 0.6 is 11.6 Å². The van der Waals surface area contributed by atoms with Crippen LogP contribution in [0.1, 0.15) is 16.7 Å². The Balaban J connectivity index is 1.58. The van der Waals surface area contributed by atoms with Gasteiger partial charge in [0.15, 0.2) is 11.5 Å². The highest BCUT2D eigenvalue weighted by Gasteiger charge is 2.14. The molecule has 2 heterocycles. The minimum absolute atomic E-state index is 0.355. The molecule has 1 aromatic heterocycles. The van der Waals surface area contributed by atoms with Gasteiger partial charge in [-0.05, 0) is 54.9 Å². The molecule has 6 heteroatoms. The van der Waals surface area contributed by atoms with Crippen LogP contribution in [0.25, 0.3) is 11.0 Å². The standard InChI is InChI=1S/C21H20ClNO4/c1-13-7-19-16(10-17(13)22)15(9-21(24)27-19)12-23(2)11-14-3-4-18-20(8-14)26-6-5-25-18/h3-4,7-10H,5-6,11-12H2,1-2H3. The van der Waals surface area contributed by atoms with Crippen molar-refractivity contribution in [1.82, 2.24) is 4.90 Å². The number of ether oxygens (including phenoxy) is 2. The zero-order chi connectivity index (χ0) is 19.0. The number of rotatable bonds is 4. The second-order valence-electron chi connectivity index (χ2n) is 6.84. The molecule has 0 fully saturated rings. The fourth-order valence-corrected chi connectivity index (χ4v) is 3.49. The first kappa shape index (κ1) is 17.9. The van der Waals surface area contributed by atoms with Crippen molar-refractivity contribution in [2.75, 3.05) is 20.3 Å². The third kappa shape index (κ3) is 3.80. The van der Waals surface area contributed by atoms with E-state index >= 15 is 0 Å². The molecule has 1 aliphatic heterocycles. The van der Waals surface area contributed by atoms with Crippen LogP contribution in [0.5, 0.6) is 11.5 Å². The Labute approximate surface area is 162 Å². The van der Waals surface area contributed by atoms with Crippen molar-refractivity contribution >= 4 is 22.6 Å². The summed E-state index contributed by atoms with van der Waals surface area (Å²) in [7, 11) is 2.01. The molecular formula is C21H20ClNO4. The molecule has 5 nitrogen and oxygen atoms in total. The lowest BCUT2D eigenvalue weighted by Crippen LogP contribution is -2.19. The second kappa shape index (κ2) is 7.25. The van der Waals surface area contributed by atoms with Crippen molar-refractivity contribution in [2.45, 2.75) is 20.0 Å². The highest BCUT2D eigenvalue weighted by Crippen LogP contribution is 2.31. The summed E-state index contributed by atoms with van der Waals surface area (Å²) >= 11 is 6.27. The zero-order valence-corrected chi connectivity index (χ0v) is 16.0. The smallest absolute Gasteiger partial charge is 0.336 e. The van der Waals surface area contributed by atoms with Gasteiger partial charge in [0.1, 0.15) is 18.8 Å². The van der Waals surface area contributed by atoms with Crippen molar-refractivity contribution < 1.29 is 13.9 Å². The summed E-state index contributed by atoms with van der Waals surface area (Å²) in [4.78, 5) is 14.1. The van der Waals surface area contributed by atoms with Crippen LogP contribution in [0.3, 0.4) is 0 Å². The van der Waals surface area contributed by atoms with Crippen molar-refractivity contribution in [3.63, 3.8) is 0 Å². The lowest BCUT2D eigenvalue weighted by atomic mass is 10.1. The molecule has 0 N–H and O–H groups in total. The zero-order valence-electron chi connectivity index (χ0n) is 15.3. The van der Waals surface area contributed by atoms with E-state index in [0.29, 0.717) is 36.9 Å². The molecule has 2 aromatic carbocycles. The Kier molecular flexibility index (Phi) is 4.81. The Morgan fingerprint density at radius 3 is 2.63 bits per heavy atom. The van der Waals surface area contributed by atoms with E-state index < -0.39 is 0 Å². The van der Waals surface area contributed by atoms with Crippen LogP contribution in [0.4, 0.5) is 0 Å². The third-order valence-corrected chi connectivity index (χ3v) is 5.02. The summed E-state index contributed by atoms with van der Waals surface area (Å²) in [5.74, 6) is 1.56. The Morgan fingerprint density at radius 1 is 1.04 bits per heavy atom. The van der Waals surface area contributed by atoms with Crippen molar-refractivity contribution in [1.29, 1.82) is 0 Å². The van der Waals surface area contributed by atoms with Crippen LogP contribution in [0.2, 0.25) is 5.02 Å². The normalized spacial score (nSPS) is 13.3. The van der Waals surface area contributed by atoms with Gasteiger partial charge in [-0.3, -0.25) is 4.90 Å². The van der Waals surface area contributed by atoms with Gasteiger partial charge in [-0.2, -0.15) is 0 Å². The lowest BCUT2D eigenvalue weighted by Gasteiger charge is -2.21. The molecule has 0 radical (unpaired) electrons. The van der Waals surface area contributed by atoms with Gasteiger partial charge in [-0.15, -0.1) is 0 Å². The number of hydrogen-bond donors (Lipinski definition) is 0. The van der Waals surface area contributed by atoms with Crippen LogP contribution in [0, 0.1) is 6.92 Å². The molecule has 0 bridgehead atoms. The van der Waals surface area contributed by atoms with Crippen LogP contribution in [-0.2, 0) is 13.1 Å². The quantitative estimate of drug-likeness (QED) is 0.631. The predicted octanol–water partition coefficient (Wildman–Crippen LogP) is 4.16. The largest absolute Gasteiger partial charge is 0.486 e. The van der Waals surface area contributed by atoms with Gasteiger partial charge < -0.3 is 13.9 Å². The first-order valence-electron chi connectivity index (χ1n) is 8.79. The topological polar surface area (TPSA) is 51.9 Å². The molecule has 140 valence electrons. The van der Waals surface area contributed by atoms with E-state index in [2.05, 4.69) is 4.90 Å². The monoisotopic (exact) mass is 385 g/mol. The average molecular weight is 386 g/mol. The molecule has 0 saturated carbocycles. The third-order valence-electron chi connectivity index (χ3n) is 4.61. The highest BCUT2D eigenvalue weighted by molar-refractivity contribution is 6.32. The van der Waals surface area contributed by atoms with Crippen LogP contribution < -0.4 is 15.1 Å². The van der Waals surface area contributed by atoms with Gasteiger partial charge in [0.05, 0.1) is 0 Å². The minimum atomic E-state index is -0.355. The van der Waals surface area contributed by atoms with E-state index in [4.69, 9.17) is 25.5 Å². The number of benzene rings is 2. The van der Waals surface area contributed by atoms with Crippen molar-refractivity contribution in [2.24, 2.45) is 0 Å². The maximum atomic E-state index is 12.0. The summed E-state index contributed by atoms with van der Waals surface area (Å²) in [6.45, 7) is 4.34. The molecule has 3 aromatic rings. The average Bonchev–Trinajstić information content (AvgIpc) is 2.63. The number of halogens is 1. The fourth-order valence-electron chi connectivity index (χ4n) is 3.32. The van der Waals surface area contributed by atoms with Gasteiger partial charge >= 0.3 is 5.63 Å². The predicted molar refractivity (Wildman–Crippen MR) is 105 cm³/mol. The first-order valence-corrected chi connectivity index (χ1v) is 9.17. The van der Waals surface area contributed by atoms with Gasteiger partial charge in [0, 0.05) is 29.6 Å². The number of aryl methyl sites for hydroxylation is 1. The second-order valence-corrected chi connectivity index (χ2v) is 7.25. The Bertz CT molecular complexity index is 1060. The molecule has 0 saturated heterocycles. The Morgan fingerprint density at radius 2 is 1.81 bits per heavy atom. The van der Waals surface area contributed by atoms with Gasteiger partial charge in [0.2, 0.25) is 0 Å². The summed E-state index contributed by atoms with van der Waals surface area (Å²) in [6, 6.07) is 11.2. The molecule has 4 rings (SSSR count). The van der Waals surface area contributed by atoms with E-state index in [9.17, 15) is 4.79 Å². The summed E-state index contributed by atoms with van der Waals surface area (Å²) in [5, 5.41) is 1.52. The maximum Gasteiger partial charge on any atom is 0.336 e. The van der Waals surface area contributed by atoms with Crippen LogP contribution in [0.15, 0.2) is 45.6 Å². The SMILES string of the molecule is Cc1cc2oc(=O)cc(CN(C)Cc3ccc4c(c3)OCCO4)c2cc1Cl. The molecule has 0 unspecified atom stereocenters. The van der Waals surface area contributed by atoms with E-state index in [0.717, 1.165) is 33.6 Å².